The highest BCUT2D eigenvalue weighted by molar-refractivity contribution is 6.74. The fourth-order valence-corrected chi connectivity index (χ4v) is 5.65. The van der Waals surface area contributed by atoms with Crippen molar-refractivity contribution in [1.82, 2.24) is 9.47 Å². The van der Waals surface area contributed by atoms with Crippen LogP contribution in [-0.4, -0.2) is 48.8 Å². The van der Waals surface area contributed by atoms with Gasteiger partial charge in [-0.15, -0.1) is 0 Å². The van der Waals surface area contributed by atoms with Crippen molar-refractivity contribution in [2.45, 2.75) is 70.4 Å². The first-order valence-corrected chi connectivity index (χ1v) is 15.6. The molecule has 0 radical (unpaired) electrons. The minimum absolute atomic E-state index is 0.0410. The van der Waals surface area contributed by atoms with Crippen molar-refractivity contribution in [2.75, 3.05) is 13.2 Å². The summed E-state index contributed by atoms with van der Waals surface area (Å²) in [6.45, 7) is 16.1. The lowest BCUT2D eigenvalue weighted by atomic mass is 10.0. The summed E-state index contributed by atoms with van der Waals surface area (Å²) in [6.07, 6.45) is 2.79. The van der Waals surface area contributed by atoms with Crippen LogP contribution in [0, 0.1) is 0 Å². The first-order chi connectivity index (χ1) is 17.3. The Balaban J connectivity index is 1.76. The number of amides is 2. The third-order valence-electron chi connectivity index (χ3n) is 8.01. The number of nitrogens with two attached hydrogens (primary N) is 1. The molecular weight excluding hydrogens is 486 g/mol. The van der Waals surface area contributed by atoms with Crippen LogP contribution < -0.4 is 15.9 Å². The smallest absolute Gasteiger partial charge is 0.274 e. The van der Waals surface area contributed by atoms with E-state index in [0.29, 0.717) is 26.0 Å². The maximum atomic E-state index is 14.0. The van der Waals surface area contributed by atoms with Crippen LogP contribution >= 0.6 is 0 Å². The zero-order valence-corrected chi connectivity index (χ0v) is 23.4. The Hall–Kier alpha value is -3.17. The van der Waals surface area contributed by atoms with Crippen molar-refractivity contribution in [1.29, 1.82) is 0 Å². The second-order valence-corrected chi connectivity index (χ2v) is 16.3. The molecule has 2 aliphatic rings. The third-order valence-corrected chi connectivity index (χ3v) is 12.5. The maximum absolute atomic E-state index is 14.0. The highest BCUT2D eigenvalue weighted by atomic mass is 28.4. The van der Waals surface area contributed by atoms with Crippen molar-refractivity contribution in [3.05, 3.63) is 75.7 Å². The number of primary amides is 1. The molecule has 2 N–H and O–H groups in total. The van der Waals surface area contributed by atoms with Crippen LogP contribution in [0.25, 0.3) is 0 Å². The quantitative estimate of drug-likeness (QED) is 0.431. The number of aromatic nitrogens is 1. The molecule has 1 saturated heterocycles. The molecule has 8 nitrogen and oxygen atoms in total. The molecule has 2 atom stereocenters. The lowest BCUT2D eigenvalue weighted by Gasteiger charge is -2.41. The van der Waals surface area contributed by atoms with E-state index < -0.39 is 19.7 Å². The second kappa shape index (κ2) is 9.94. The minimum Gasteiger partial charge on any atom is -0.483 e. The zero-order valence-electron chi connectivity index (χ0n) is 22.4. The SMILES string of the molecule is C=C1CC[C@H](CO[Si](C)(C)C(C)(C)C)N2C[C@H]1n1cc(C(N)=O)c(=O)c(OCc3ccccc3)c1C2=O. The van der Waals surface area contributed by atoms with Gasteiger partial charge in [0, 0.05) is 12.7 Å². The van der Waals surface area contributed by atoms with Gasteiger partial charge in [0.2, 0.25) is 5.43 Å². The van der Waals surface area contributed by atoms with Gasteiger partial charge in [0.15, 0.2) is 19.8 Å². The summed E-state index contributed by atoms with van der Waals surface area (Å²) < 4.78 is 14.2. The largest absolute Gasteiger partial charge is 0.483 e. The van der Waals surface area contributed by atoms with E-state index in [2.05, 4.69) is 40.4 Å². The molecule has 1 fully saturated rings. The molecule has 1 aromatic carbocycles. The number of hydrogen-bond donors (Lipinski definition) is 1. The van der Waals surface area contributed by atoms with Crippen LogP contribution in [0.15, 0.2) is 53.5 Å². The summed E-state index contributed by atoms with van der Waals surface area (Å²) in [5.41, 5.74) is 6.54. The molecule has 0 spiro atoms. The lowest BCUT2D eigenvalue weighted by molar-refractivity contribution is 0.0516. The van der Waals surface area contributed by atoms with Crippen molar-refractivity contribution >= 4 is 20.1 Å². The van der Waals surface area contributed by atoms with E-state index in [1.54, 1.807) is 9.47 Å². The predicted octanol–water partition coefficient (Wildman–Crippen LogP) is 4.26. The van der Waals surface area contributed by atoms with Gasteiger partial charge in [-0.3, -0.25) is 14.4 Å². The summed E-state index contributed by atoms with van der Waals surface area (Å²) >= 11 is 0. The molecule has 0 aliphatic carbocycles. The molecule has 37 heavy (non-hydrogen) atoms. The number of pyridine rings is 1. The van der Waals surface area contributed by atoms with E-state index >= 15 is 0 Å². The molecule has 0 unspecified atom stereocenters. The van der Waals surface area contributed by atoms with Crippen molar-refractivity contribution < 1.29 is 18.8 Å². The predicted molar refractivity (Wildman–Crippen MR) is 145 cm³/mol. The third kappa shape index (κ3) is 5.15. The standard InChI is InChI=1S/C28H37N3O5Si/c1-18-12-13-20(17-36-37(5,6)28(2,3)4)30-15-22(18)31-14-21(26(29)33)24(32)25(23(31)27(30)34)35-16-19-10-8-7-9-11-19/h7-11,14,20,22H,1,12-13,15-17H2,2-6H3,(H2,29,33)/t20-,22-/m1/s1. The number of ether oxygens (including phenoxy) is 1. The second-order valence-electron chi connectivity index (χ2n) is 11.5. The molecule has 1 aromatic heterocycles. The van der Waals surface area contributed by atoms with Crippen molar-refractivity contribution in [3.8, 4) is 5.75 Å². The molecule has 2 bridgehead atoms. The van der Waals surface area contributed by atoms with E-state index in [-0.39, 0.29) is 46.6 Å². The number of nitrogens with zero attached hydrogens (tertiary/aromatic N) is 2. The highest BCUT2D eigenvalue weighted by Gasteiger charge is 2.43. The van der Waals surface area contributed by atoms with Gasteiger partial charge in [0.25, 0.3) is 11.8 Å². The maximum Gasteiger partial charge on any atom is 0.274 e. The molecular formula is C28H37N3O5Si. The summed E-state index contributed by atoms with van der Waals surface area (Å²) in [7, 11) is -2.04. The number of hydrogen-bond acceptors (Lipinski definition) is 5. The van der Waals surface area contributed by atoms with E-state index in [1.165, 1.54) is 6.20 Å². The topological polar surface area (TPSA) is 104 Å². The Morgan fingerprint density at radius 3 is 2.49 bits per heavy atom. The highest BCUT2D eigenvalue weighted by Crippen LogP contribution is 2.39. The Bertz CT molecular complexity index is 1280. The average Bonchev–Trinajstić information content (AvgIpc) is 2.97. The normalized spacial score (nSPS) is 19.9. The van der Waals surface area contributed by atoms with Crippen LogP contribution in [0.2, 0.25) is 18.1 Å². The number of carbonyl (C=O) groups excluding carboxylic acids is 2. The molecule has 198 valence electrons. The van der Waals surface area contributed by atoms with Gasteiger partial charge in [0.1, 0.15) is 12.2 Å². The van der Waals surface area contributed by atoms with E-state index in [4.69, 9.17) is 14.9 Å². The molecule has 3 heterocycles. The summed E-state index contributed by atoms with van der Waals surface area (Å²) in [4.78, 5) is 41.3. The fourth-order valence-electron chi connectivity index (χ4n) is 4.60. The number of carbonyl (C=O) groups is 2. The molecule has 0 saturated carbocycles. The Labute approximate surface area is 219 Å². The first-order valence-electron chi connectivity index (χ1n) is 12.7. The van der Waals surface area contributed by atoms with Crippen LogP contribution in [-0.2, 0) is 11.0 Å². The van der Waals surface area contributed by atoms with Gasteiger partial charge in [-0.2, -0.15) is 0 Å². The van der Waals surface area contributed by atoms with E-state index in [9.17, 15) is 14.4 Å². The Kier molecular flexibility index (Phi) is 7.22. The molecule has 2 aromatic rings. The van der Waals surface area contributed by atoms with Crippen LogP contribution in [0.1, 0.15) is 66.1 Å². The molecule has 2 aliphatic heterocycles. The summed E-state index contributed by atoms with van der Waals surface area (Å²) in [6, 6.07) is 8.87. The minimum atomic E-state index is -2.04. The van der Waals surface area contributed by atoms with Crippen LogP contribution in [0.5, 0.6) is 5.75 Å². The van der Waals surface area contributed by atoms with Crippen molar-refractivity contribution in [3.63, 3.8) is 0 Å². The van der Waals surface area contributed by atoms with Crippen LogP contribution in [0.4, 0.5) is 0 Å². The average molecular weight is 524 g/mol. The molecule has 2 amide bonds. The Morgan fingerprint density at radius 1 is 1.19 bits per heavy atom. The number of benzene rings is 1. The molecule has 4 rings (SSSR count). The number of fused-ring (bicyclic) bond motifs is 4. The monoisotopic (exact) mass is 523 g/mol. The summed E-state index contributed by atoms with van der Waals surface area (Å²) in [5.74, 6) is -1.33. The zero-order chi connectivity index (χ0) is 27.1. The first kappa shape index (κ1) is 26.9. The number of rotatable bonds is 7. The Morgan fingerprint density at radius 2 is 1.86 bits per heavy atom. The van der Waals surface area contributed by atoms with Gasteiger partial charge in [-0.25, -0.2) is 0 Å². The van der Waals surface area contributed by atoms with E-state index in [1.807, 2.05) is 30.3 Å². The van der Waals surface area contributed by atoms with Gasteiger partial charge in [0.05, 0.1) is 18.7 Å². The van der Waals surface area contributed by atoms with Crippen LogP contribution in [0.3, 0.4) is 0 Å². The van der Waals surface area contributed by atoms with E-state index in [0.717, 1.165) is 11.1 Å². The van der Waals surface area contributed by atoms with Gasteiger partial charge in [-0.05, 0) is 36.5 Å². The van der Waals surface area contributed by atoms with Gasteiger partial charge < -0.3 is 24.4 Å². The van der Waals surface area contributed by atoms with Crippen molar-refractivity contribution in [2.24, 2.45) is 5.73 Å². The fraction of sp³-hybridized carbons (Fsp3) is 0.464. The molecule has 9 heteroatoms. The lowest BCUT2D eigenvalue weighted by Crippen LogP contribution is -2.52. The summed E-state index contributed by atoms with van der Waals surface area (Å²) in [5, 5.41) is 0.0410. The van der Waals surface area contributed by atoms with Gasteiger partial charge in [-0.1, -0.05) is 63.3 Å². The van der Waals surface area contributed by atoms with Gasteiger partial charge >= 0.3 is 0 Å².